The Kier molecular flexibility index (Phi) is 4.40. The molecule has 86 valence electrons. The lowest BCUT2D eigenvalue weighted by Crippen LogP contribution is -2.14. The van der Waals surface area contributed by atoms with Gasteiger partial charge in [-0.05, 0) is 32.3 Å². The van der Waals surface area contributed by atoms with Gasteiger partial charge in [-0.15, -0.1) is 0 Å². The maximum absolute atomic E-state index is 6.18. The van der Waals surface area contributed by atoms with Crippen LogP contribution in [0.2, 0.25) is 0 Å². The first-order valence-corrected chi connectivity index (χ1v) is 5.87. The van der Waals surface area contributed by atoms with Crippen molar-refractivity contribution in [2.75, 3.05) is 0 Å². The second-order valence-electron chi connectivity index (χ2n) is 4.60. The average Bonchev–Trinajstić information content (AvgIpc) is 2.45. The number of hydrogen-bond acceptors (Lipinski definition) is 2. The molecule has 0 aromatic carbocycles. The van der Waals surface area contributed by atoms with Crippen molar-refractivity contribution >= 4 is 0 Å². The molecule has 2 atom stereocenters. The Morgan fingerprint density at radius 3 is 2.53 bits per heavy atom. The molecule has 1 aromatic rings. The minimum atomic E-state index is 0.129. The molecule has 0 aliphatic rings. The van der Waals surface area contributed by atoms with Gasteiger partial charge in [0, 0.05) is 11.6 Å². The standard InChI is InChI=1S/C13H23NO/c1-5-6-9(2)7-13(14)12-8-10(3)15-11(12)4/h8-9,13H,5-7,14H2,1-4H3. The molecular weight excluding hydrogens is 186 g/mol. The van der Waals surface area contributed by atoms with Crippen molar-refractivity contribution in [3.8, 4) is 0 Å². The molecule has 0 aliphatic heterocycles. The smallest absolute Gasteiger partial charge is 0.105 e. The van der Waals surface area contributed by atoms with Gasteiger partial charge in [0.25, 0.3) is 0 Å². The number of aryl methyl sites for hydroxylation is 2. The van der Waals surface area contributed by atoms with Gasteiger partial charge in [0.1, 0.15) is 11.5 Å². The molecule has 2 unspecified atom stereocenters. The lowest BCUT2D eigenvalue weighted by Gasteiger charge is -2.16. The van der Waals surface area contributed by atoms with Gasteiger partial charge in [0.2, 0.25) is 0 Å². The Hall–Kier alpha value is -0.760. The molecule has 2 nitrogen and oxygen atoms in total. The Balaban J connectivity index is 2.60. The van der Waals surface area contributed by atoms with Gasteiger partial charge >= 0.3 is 0 Å². The molecule has 1 aromatic heterocycles. The molecule has 0 aliphatic carbocycles. The molecule has 0 amide bonds. The van der Waals surface area contributed by atoms with Crippen molar-refractivity contribution in [2.24, 2.45) is 11.7 Å². The third-order valence-corrected chi connectivity index (χ3v) is 2.92. The predicted molar refractivity (Wildman–Crippen MR) is 63.8 cm³/mol. The van der Waals surface area contributed by atoms with Crippen LogP contribution in [0, 0.1) is 19.8 Å². The zero-order valence-corrected chi connectivity index (χ0v) is 10.3. The highest BCUT2D eigenvalue weighted by molar-refractivity contribution is 5.23. The fraction of sp³-hybridized carbons (Fsp3) is 0.692. The van der Waals surface area contributed by atoms with E-state index in [1.807, 2.05) is 13.8 Å². The van der Waals surface area contributed by atoms with Gasteiger partial charge < -0.3 is 10.2 Å². The lowest BCUT2D eigenvalue weighted by molar-refractivity contribution is 0.433. The van der Waals surface area contributed by atoms with Crippen LogP contribution in [0.1, 0.15) is 56.2 Å². The minimum Gasteiger partial charge on any atom is -0.466 e. The normalized spacial score (nSPS) is 15.3. The van der Waals surface area contributed by atoms with Crippen LogP contribution in [0.15, 0.2) is 10.5 Å². The molecule has 0 spiro atoms. The number of furan rings is 1. The summed E-state index contributed by atoms with van der Waals surface area (Å²) in [5, 5.41) is 0. The summed E-state index contributed by atoms with van der Waals surface area (Å²) < 4.78 is 5.50. The maximum Gasteiger partial charge on any atom is 0.105 e. The van der Waals surface area contributed by atoms with Crippen molar-refractivity contribution in [2.45, 2.75) is 53.0 Å². The van der Waals surface area contributed by atoms with E-state index in [0.29, 0.717) is 5.92 Å². The number of hydrogen-bond donors (Lipinski definition) is 1. The molecule has 0 saturated carbocycles. The van der Waals surface area contributed by atoms with Gasteiger partial charge in [-0.1, -0.05) is 26.7 Å². The first kappa shape index (κ1) is 12.3. The highest BCUT2D eigenvalue weighted by Gasteiger charge is 2.15. The van der Waals surface area contributed by atoms with Crippen LogP contribution in [0.3, 0.4) is 0 Å². The van der Waals surface area contributed by atoms with Crippen LogP contribution < -0.4 is 5.73 Å². The summed E-state index contributed by atoms with van der Waals surface area (Å²) in [6.07, 6.45) is 3.54. The molecule has 0 bridgehead atoms. The van der Waals surface area contributed by atoms with E-state index in [9.17, 15) is 0 Å². The molecule has 0 fully saturated rings. The largest absolute Gasteiger partial charge is 0.466 e. The second-order valence-corrected chi connectivity index (χ2v) is 4.60. The summed E-state index contributed by atoms with van der Waals surface area (Å²) in [4.78, 5) is 0. The zero-order valence-electron chi connectivity index (χ0n) is 10.3. The van der Waals surface area contributed by atoms with Gasteiger partial charge in [0.15, 0.2) is 0 Å². The summed E-state index contributed by atoms with van der Waals surface area (Å²) >= 11 is 0. The van der Waals surface area contributed by atoms with Crippen LogP contribution in [0.5, 0.6) is 0 Å². The Labute approximate surface area is 92.9 Å². The van der Waals surface area contributed by atoms with E-state index in [0.717, 1.165) is 17.9 Å². The molecule has 2 heteroatoms. The van der Waals surface area contributed by atoms with Gasteiger partial charge in [-0.3, -0.25) is 0 Å². The maximum atomic E-state index is 6.18. The molecule has 0 radical (unpaired) electrons. The van der Waals surface area contributed by atoms with E-state index < -0.39 is 0 Å². The molecule has 1 heterocycles. The summed E-state index contributed by atoms with van der Waals surface area (Å²) in [6, 6.07) is 2.20. The lowest BCUT2D eigenvalue weighted by atomic mass is 9.94. The quantitative estimate of drug-likeness (QED) is 0.802. The van der Waals surface area contributed by atoms with E-state index in [-0.39, 0.29) is 6.04 Å². The second kappa shape index (κ2) is 5.36. The topological polar surface area (TPSA) is 39.2 Å². The Bertz CT molecular complexity index is 303. The van der Waals surface area contributed by atoms with Crippen LogP contribution in [-0.4, -0.2) is 0 Å². The van der Waals surface area contributed by atoms with Crippen molar-refractivity contribution in [3.63, 3.8) is 0 Å². The summed E-state index contributed by atoms with van der Waals surface area (Å²) in [6.45, 7) is 8.45. The third kappa shape index (κ3) is 3.38. The van der Waals surface area contributed by atoms with E-state index in [2.05, 4.69) is 19.9 Å². The minimum absolute atomic E-state index is 0.129. The average molecular weight is 209 g/mol. The third-order valence-electron chi connectivity index (χ3n) is 2.92. The fourth-order valence-electron chi connectivity index (χ4n) is 2.19. The van der Waals surface area contributed by atoms with Crippen molar-refractivity contribution in [1.82, 2.24) is 0 Å². The fourth-order valence-corrected chi connectivity index (χ4v) is 2.19. The van der Waals surface area contributed by atoms with Crippen LogP contribution >= 0.6 is 0 Å². The van der Waals surface area contributed by atoms with Crippen molar-refractivity contribution in [1.29, 1.82) is 0 Å². The van der Waals surface area contributed by atoms with Gasteiger partial charge in [-0.2, -0.15) is 0 Å². The first-order chi connectivity index (χ1) is 7.04. The summed E-state index contributed by atoms with van der Waals surface area (Å²) in [5.41, 5.74) is 7.36. The van der Waals surface area contributed by atoms with Gasteiger partial charge in [-0.25, -0.2) is 0 Å². The summed E-state index contributed by atoms with van der Waals surface area (Å²) in [5.74, 6) is 2.63. The molecule has 1 rings (SSSR count). The van der Waals surface area contributed by atoms with Crippen LogP contribution in [0.4, 0.5) is 0 Å². The number of rotatable bonds is 5. The van der Waals surface area contributed by atoms with Crippen molar-refractivity contribution in [3.05, 3.63) is 23.2 Å². The number of nitrogens with two attached hydrogens (primary N) is 1. The molecule has 0 saturated heterocycles. The van der Waals surface area contributed by atoms with Gasteiger partial charge in [0.05, 0.1) is 0 Å². The molecule has 2 N–H and O–H groups in total. The Morgan fingerprint density at radius 2 is 2.07 bits per heavy atom. The SMILES string of the molecule is CCCC(C)CC(N)c1cc(C)oc1C. The van der Waals surface area contributed by atoms with E-state index in [4.69, 9.17) is 10.2 Å². The monoisotopic (exact) mass is 209 g/mol. The van der Waals surface area contributed by atoms with Crippen molar-refractivity contribution < 1.29 is 4.42 Å². The van der Waals surface area contributed by atoms with E-state index in [1.54, 1.807) is 0 Å². The molecule has 15 heavy (non-hydrogen) atoms. The zero-order chi connectivity index (χ0) is 11.4. The van der Waals surface area contributed by atoms with Crippen LogP contribution in [-0.2, 0) is 0 Å². The molecular formula is C13H23NO. The van der Waals surface area contributed by atoms with E-state index >= 15 is 0 Å². The van der Waals surface area contributed by atoms with E-state index in [1.165, 1.54) is 18.4 Å². The highest BCUT2D eigenvalue weighted by Crippen LogP contribution is 2.26. The predicted octanol–water partition coefficient (Wildman–Crippen LogP) is 3.72. The first-order valence-electron chi connectivity index (χ1n) is 5.87. The van der Waals surface area contributed by atoms with Crippen LogP contribution in [0.25, 0.3) is 0 Å². The Morgan fingerprint density at radius 1 is 1.40 bits per heavy atom. The highest BCUT2D eigenvalue weighted by atomic mass is 16.3. The summed E-state index contributed by atoms with van der Waals surface area (Å²) in [7, 11) is 0.